The normalized spacial score (nSPS) is 11.5. The highest BCUT2D eigenvalue weighted by Gasteiger charge is 2.16. The van der Waals surface area contributed by atoms with E-state index in [-0.39, 0.29) is 5.75 Å². The van der Waals surface area contributed by atoms with Gasteiger partial charge in [-0.15, -0.1) is 0 Å². The Morgan fingerprint density at radius 2 is 0.500 bits per heavy atom. The molecule has 0 aromatic heterocycles. The Bertz CT molecular complexity index is 3820. The van der Waals surface area contributed by atoms with Crippen LogP contribution in [0.15, 0.2) is 216 Å². The highest BCUT2D eigenvalue weighted by Crippen LogP contribution is 2.37. The molecule has 0 bridgehead atoms. The predicted molar refractivity (Wildman–Crippen MR) is 323 cm³/mol. The Kier molecular flexibility index (Phi) is 18.4. The van der Waals surface area contributed by atoms with Gasteiger partial charge in [0.15, 0.2) is 0 Å². The Morgan fingerprint density at radius 1 is 0.298 bits per heavy atom. The smallest absolute Gasteiger partial charge is 0.346 e. The molecule has 0 saturated carbocycles. The third-order valence-electron chi connectivity index (χ3n) is 13.0. The molecule has 404 valence electrons. The second-order valence-electron chi connectivity index (χ2n) is 18.5. The van der Waals surface area contributed by atoms with Gasteiger partial charge in [-0.2, -0.15) is 21.0 Å². The van der Waals surface area contributed by atoms with Gasteiger partial charge < -0.3 is 30.4 Å². The summed E-state index contributed by atoms with van der Waals surface area (Å²) in [5, 5.41) is 85.1. The van der Waals surface area contributed by atoms with Gasteiger partial charge in [0.2, 0.25) is 0 Å². The van der Waals surface area contributed by atoms with Crippen LogP contribution < -0.4 is 4.90 Å². The molecule has 8 rings (SSSR count). The lowest BCUT2D eigenvalue weighted by molar-refractivity contribution is -0.133. The van der Waals surface area contributed by atoms with E-state index in [1.54, 1.807) is 133 Å². The minimum Gasteiger partial charge on any atom is -0.508 e. The Hall–Kier alpha value is -12.6. The zero-order valence-electron chi connectivity index (χ0n) is 44.2. The molecule has 0 atom stereocenters. The van der Waals surface area contributed by atoms with Gasteiger partial charge in [-0.3, -0.25) is 0 Å². The monoisotopic (exact) mass is 1100 g/mol. The van der Waals surface area contributed by atoms with Gasteiger partial charge in [-0.05, 0) is 163 Å². The molecular weight excluding hydrogens is 1050 g/mol. The highest BCUT2D eigenvalue weighted by atomic mass is 16.4. The average molecular weight is 1100 g/mol. The van der Waals surface area contributed by atoms with Gasteiger partial charge in [-0.1, -0.05) is 158 Å². The summed E-state index contributed by atoms with van der Waals surface area (Å²) in [7, 11) is 0. The average Bonchev–Trinajstić information content (AvgIpc) is 2.97. The maximum atomic E-state index is 11.6. The van der Waals surface area contributed by atoms with Crippen LogP contribution in [0.1, 0.15) is 66.8 Å². The second kappa shape index (κ2) is 26.8. The van der Waals surface area contributed by atoms with Gasteiger partial charge in [0.05, 0.1) is 0 Å². The molecule has 0 unspecified atom stereocenters. The molecule has 14 heteroatoms. The molecule has 5 N–H and O–H groups in total. The molecular formula is C70H45N5O9. The van der Waals surface area contributed by atoms with Crippen molar-refractivity contribution in [1.29, 1.82) is 21.0 Å². The zero-order valence-corrected chi connectivity index (χ0v) is 44.2. The van der Waals surface area contributed by atoms with Crippen molar-refractivity contribution in [1.82, 2.24) is 0 Å². The zero-order chi connectivity index (χ0) is 59.7. The second-order valence-corrected chi connectivity index (χ2v) is 18.5. The van der Waals surface area contributed by atoms with Crippen LogP contribution in [0, 0.1) is 45.3 Å². The number of nitriles is 4. The number of aromatic hydroxyl groups is 1. The van der Waals surface area contributed by atoms with Crippen LogP contribution in [0.3, 0.4) is 0 Å². The van der Waals surface area contributed by atoms with E-state index in [0.717, 1.165) is 72.7 Å². The van der Waals surface area contributed by atoms with Crippen LogP contribution in [-0.4, -0.2) is 49.4 Å². The fraction of sp³-hybridized carbons (Fsp3) is 0. The van der Waals surface area contributed by atoms with Crippen molar-refractivity contribution in [3.05, 3.63) is 283 Å². The first-order valence-electron chi connectivity index (χ1n) is 25.4. The summed E-state index contributed by atoms with van der Waals surface area (Å²) in [6.07, 6.45) is 13.0. The molecule has 0 spiro atoms. The van der Waals surface area contributed by atoms with Gasteiger partial charge in [0, 0.05) is 17.1 Å². The molecule has 84 heavy (non-hydrogen) atoms. The summed E-state index contributed by atoms with van der Waals surface area (Å²) in [6, 6.07) is 65.4. The van der Waals surface area contributed by atoms with Crippen LogP contribution >= 0.6 is 0 Å². The van der Waals surface area contributed by atoms with Crippen molar-refractivity contribution in [2.45, 2.75) is 0 Å². The molecule has 8 aromatic carbocycles. The first-order chi connectivity index (χ1) is 40.6. The van der Waals surface area contributed by atoms with Gasteiger partial charge >= 0.3 is 23.9 Å². The quantitative estimate of drug-likeness (QED) is 0.0286. The van der Waals surface area contributed by atoms with E-state index in [2.05, 4.69) is 4.90 Å². The summed E-state index contributed by atoms with van der Waals surface area (Å²) in [6.45, 7) is 0. The van der Waals surface area contributed by atoms with Crippen molar-refractivity contribution in [3.63, 3.8) is 0 Å². The number of carboxylic acid groups (broad SMARTS) is 4. The molecule has 8 aromatic rings. The molecule has 0 aliphatic rings. The van der Waals surface area contributed by atoms with E-state index in [9.17, 15) is 65.8 Å². The van der Waals surface area contributed by atoms with Crippen LogP contribution in [0.2, 0.25) is 0 Å². The van der Waals surface area contributed by atoms with Gasteiger partial charge in [-0.25, -0.2) is 19.2 Å². The Balaban J connectivity index is 1.20. The van der Waals surface area contributed by atoms with Crippen molar-refractivity contribution < 1.29 is 44.7 Å². The third kappa shape index (κ3) is 14.7. The van der Waals surface area contributed by atoms with E-state index in [1.165, 1.54) is 24.3 Å². The fourth-order valence-electron chi connectivity index (χ4n) is 8.67. The number of aliphatic carboxylic acids is 4. The highest BCUT2D eigenvalue weighted by molar-refractivity contribution is 6.00. The van der Waals surface area contributed by atoms with E-state index in [4.69, 9.17) is 0 Å². The molecule has 0 heterocycles. The lowest BCUT2D eigenvalue weighted by Gasteiger charge is -2.26. The number of rotatable bonds is 19. The summed E-state index contributed by atoms with van der Waals surface area (Å²) in [5.41, 5.74) is 10.6. The largest absolute Gasteiger partial charge is 0.508 e. The first-order valence-corrected chi connectivity index (χ1v) is 25.4. The lowest BCUT2D eigenvalue weighted by atomic mass is 9.93. The predicted octanol–water partition coefficient (Wildman–Crippen LogP) is 14.2. The van der Waals surface area contributed by atoms with Crippen molar-refractivity contribution in [2.24, 2.45) is 0 Å². The lowest BCUT2D eigenvalue weighted by Crippen LogP contribution is -2.09. The SMILES string of the molecule is N#C/C(=C\c1ccc(C(=Cc2ccc(N(c3ccc(C=C(c4ccc(/C=C(\C#N)C(=O)O)cc4)c4ccc(/C=C(\C#N)C(=O)O)cc4)cc3)c3ccc(/C=C/c4ccc(O)cc4)cc3)cc2)c2ccc(/C=C(\C#N)C(=O)O)cc2)cc1)C(=O)O. The fourth-order valence-corrected chi connectivity index (χ4v) is 8.67. The van der Waals surface area contributed by atoms with Crippen molar-refractivity contribution in [3.8, 4) is 30.0 Å². The van der Waals surface area contributed by atoms with Crippen LogP contribution in [-0.2, 0) is 19.2 Å². The van der Waals surface area contributed by atoms with Gasteiger partial charge in [0.25, 0.3) is 0 Å². The summed E-state index contributed by atoms with van der Waals surface area (Å²) < 4.78 is 0. The maximum absolute atomic E-state index is 11.6. The molecule has 0 aliphatic heterocycles. The van der Waals surface area contributed by atoms with Crippen LogP contribution in [0.4, 0.5) is 17.1 Å². The topological polar surface area (TPSA) is 268 Å². The van der Waals surface area contributed by atoms with E-state index in [1.807, 2.05) is 109 Å². The number of carbonyl (C=O) groups is 4. The van der Waals surface area contributed by atoms with Gasteiger partial charge in [0.1, 0.15) is 52.3 Å². The molecule has 0 aliphatic carbocycles. The van der Waals surface area contributed by atoms with Crippen LogP contribution in [0.25, 0.3) is 59.8 Å². The standard InChI is InChI=1S/C70H45N5O9/c71-41-57(67(77)78)35-47-3-19-53(20-4-47)65(54-21-5-48(6-22-54)36-58(42-72)68(79)80)39-51-13-29-62(30-14-51)75(61-27-11-45(12-28-61)1-2-46-17-33-64(76)34-18-46)63-31-15-52(16-32-63)40-66(55-23-7-49(8-24-55)37-59(43-73)69(81)82)56-25-9-50(10-26-56)38-60(44-74)70(83)84/h1-40,76H,(H,77,78)(H,79,80)(H,81,82)(H,83,84)/b2-1+,57-35+,58-36+,59-37+,60-38+. The van der Waals surface area contributed by atoms with Crippen LogP contribution in [0.5, 0.6) is 5.75 Å². The number of phenols is 1. The summed E-state index contributed by atoms with van der Waals surface area (Å²) >= 11 is 0. The summed E-state index contributed by atoms with van der Waals surface area (Å²) in [5.74, 6) is -5.23. The van der Waals surface area contributed by atoms with Crippen molar-refractivity contribution in [2.75, 3.05) is 4.90 Å². The van der Waals surface area contributed by atoms with E-state index < -0.39 is 46.2 Å². The number of phenolic OH excluding ortho intramolecular Hbond substituents is 1. The number of hydrogen-bond donors (Lipinski definition) is 5. The minimum absolute atomic E-state index is 0.169. The third-order valence-corrected chi connectivity index (χ3v) is 13.0. The minimum atomic E-state index is -1.35. The Morgan fingerprint density at radius 3 is 0.726 bits per heavy atom. The van der Waals surface area contributed by atoms with Crippen molar-refractivity contribution >= 4 is 101 Å². The van der Waals surface area contributed by atoms with E-state index >= 15 is 0 Å². The molecule has 0 saturated heterocycles. The number of benzene rings is 8. The molecule has 0 amide bonds. The Labute approximate surface area is 482 Å². The molecule has 0 radical (unpaired) electrons. The number of anilines is 3. The first kappa shape index (κ1) is 57.6. The van der Waals surface area contributed by atoms with E-state index in [0.29, 0.717) is 22.3 Å². The summed E-state index contributed by atoms with van der Waals surface area (Å²) in [4.78, 5) is 48.5. The number of carboxylic acids is 4. The number of nitrogens with zero attached hydrogens (tertiary/aromatic N) is 5. The number of hydrogen-bond acceptors (Lipinski definition) is 10. The molecule has 0 fully saturated rings. The molecule has 14 nitrogen and oxygen atoms in total. The maximum Gasteiger partial charge on any atom is 0.346 e.